The zero-order valence-corrected chi connectivity index (χ0v) is 15.6. The van der Waals surface area contributed by atoms with Crippen LogP contribution in [0.3, 0.4) is 0 Å². The molecular weight excluding hydrogens is 409 g/mol. The first kappa shape index (κ1) is 19.8. The quantitative estimate of drug-likeness (QED) is 0.541. The van der Waals surface area contributed by atoms with E-state index in [1.165, 1.54) is 18.2 Å². The average molecular weight is 421 g/mol. The highest BCUT2D eigenvalue weighted by Gasteiger charge is 2.41. The minimum absolute atomic E-state index is 0.0461. The molecule has 1 aliphatic heterocycles. The molecule has 144 valence electrons. The minimum Gasteiger partial charge on any atom is -0.481 e. The fourth-order valence-corrected chi connectivity index (χ4v) is 3.87. The Hall–Kier alpha value is -2.98. The van der Waals surface area contributed by atoms with Gasteiger partial charge in [-0.25, -0.2) is 9.18 Å². The SMILES string of the molecule is O=C(O)CC(C(=O)O)N1C(=O)C(=Cc2ccc(-c3ccc(F)cc3)o2)SC1=S. The van der Waals surface area contributed by atoms with Crippen LogP contribution in [0.15, 0.2) is 45.7 Å². The molecule has 1 aromatic carbocycles. The van der Waals surface area contributed by atoms with Gasteiger partial charge in [-0.3, -0.25) is 14.5 Å². The number of hydrogen-bond acceptors (Lipinski definition) is 6. The summed E-state index contributed by atoms with van der Waals surface area (Å²) in [7, 11) is 0. The molecule has 1 amide bonds. The highest BCUT2D eigenvalue weighted by atomic mass is 32.2. The van der Waals surface area contributed by atoms with Gasteiger partial charge in [-0.05, 0) is 36.4 Å². The fourth-order valence-electron chi connectivity index (χ4n) is 2.53. The van der Waals surface area contributed by atoms with Crippen molar-refractivity contribution in [1.82, 2.24) is 4.90 Å². The van der Waals surface area contributed by atoms with Gasteiger partial charge in [0, 0.05) is 11.6 Å². The molecule has 1 saturated heterocycles. The summed E-state index contributed by atoms with van der Waals surface area (Å²) in [5.74, 6) is -3.14. The van der Waals surface area contributed by atoms with Gasteiger partial charge < -0.3 is 14.6 Å². The van der Waals surface area contributed by atoms with Crippen LogP contribution in [0.4, 0.5) is 4.39 Å². The third-order valence-corrected chi connectivity index (χ3v) is 5.15. The van der Waals surface area contributed by atoms with Crippen LogP contribution in [-0.2, 0) is 14.4 Å². The van der Waals surface area contributed by atoms with Crippen molar-refractivity contribution in [2.75, 3.05) is 0 Å². The second kappa shape index (κ2) is 7.95. The van der Waals surface area contributed by atoms with Crippen LogP contribution >= 0.6 is 24.0 Å². The Kier molecular flexibility index (Phi) is 5.61. The van der Waals surface area contributed by atoms with Gasteiger partial charge in [0.2, 0.25) is 0 Å². The van der Waals surface area contributed by atoms with E-state index in [0.717, 1.165) is 16.7 Å². The third-order valence-electron chi connectivity index (χ3n) is 3.82. The number of rotatable bonds is 6. The molecule has 3 rings (SSSR count). The number of thiocarbonyl (C=S) groups is 1. The topological polar surface area (TPSA) is 108 Å². The summed E-state index contributed by atoms with van der Waals surface area (Å²) in [5, 5.41) is 18.1. The van der Waals surface area contributed by atoms with Crippen molar-refractivity contribution < 1.29 is 33.4 Å². The zero-order chi connectivity index (χ0) is 20.4. The fraction of sp³-hybridized carbons (Fsp3) is 0.111. The summed E-state index contributed by atoms with van der Waals surface area (Å²) in [6.07, 6.45) is 0.622. The van der Waals surface area contributed by atoms with Gasteiger partial charge in [0.25, 0.3) is 5.91 Å². The summed E-state index contributed by atoms with van der Waals surface area (Å²) in [5.41, 5.74) is 0.640. The highest BCUT2D eigenvalue weighted by Crippen LogP contribution is 2.35. The first-order chi connectivity index (χ1) is 13.3. The van der Waals surface area contributed by atoms with E-state index in [9.17, 15) is 23.9 Å². The summed E-state index contributed by atoms with van der Waals surface area (Å²) in [4.78, 5) is 35.8. The van der Waals surface area contributed by atoms with Crippen molar-refractivity contribution in [3.63, 3.8) is 0 Å². The van der Waals surface area contributed by atoms with Gasteiger partial charge in [-0.1, -0.05) is 24.0 Å². The predicted molar refractivity (Wildman–Crippen MR) is 103 cm³/mol. The molecule has 1 aromatic heterocycles. The van der Waals surface area contributed by atoms with Crippen molar-refractivity contribution in [3.05, 3.63) is 52.9 Å². The largest absolute Gasteiger partial charge is 0.481 e. The normalized spacial score (nSPS) is 16.6. The molecule has 1 atom stereocenters. The molecule has 0 spiro atoms. The molecule has 0 saturated carbocycles. The van der Waals surface area contributed by atoms with E-state index in [0.29, 0.717) is 17.1 Å². The van der Waals surface area contributed by atoms with Gasteiger partial charge in [-0.2, -0.15) is 0 Å². The van der Waals surface area contributed by atoms with Crippen molar-refractivity contribution in [2.45, 2.75) is 12.5 Å². The Morgan fingerprint density at radius 3 is 2.50 bits per heavy atom. The van der Waals surface area contributed by atoms with Crippen LogP contribution in [0.25, 0.3) is 17.4 Å². The molecule has 28 heavy (non-hydrogen) atoms. The number of carboxylic acid groups (broad SMARTS) is 2. The lowest BCUT2D eigenvalue weighted by Crippen LogP contribution is -2.45. The summed E-state index contributed by atoms with van der Waals surface area (Å²) >= 11 is 5.92. The van der Waals surface area contributed by atoms with E-state index in [4.69, 9.17) is 21.7 Å². The van der Waals surface area contributed by atoms with Crippen LogP contribution in [0.2, 0.25) is 0 Å². The van der Waals surface area contributed by atoms with Gasteiger partial charge in [0.05, 0.1) is 11.3 Å². The van der Waals surface area contributed by atoms with Crippen LogP contribution in [-0.4, -0.2) is 43.3 Å². The van der Waals surface area contributed by atoms with E-state index in [2.05, 4.69) is 0 Å². The molecule has 10 heteroatoms. The number of carbonyl (C=O) groups is 3. The molecule has 2 aromatic rings. The Morgan fingerprint density at radius 1 is 1.21 bits per heavy atom. The minimum atomic E-state index is -1.60. The second-order valence-electron chi connectivity index (χ2n) is 5.71. The Morgan fingerprint density at radius 2 is 1.89 bits per heavy atom. The summed E-state index contributed by atoms with van der Waals surface area (Å²) < 4.78 is 18.6. The monoisotopic (exact) mass is 421 g/mol. The molecule has 7 nitrogen and oxygen atoms in total. The van der Waals surface area contributed by atoms with E-state index in [-0.39, 0.29) is 15.0 Å². The standard InChI is InChI=1S/C18H12FNO6S2/c19-10-3-1-9(2-4-10)13-6-5-11(26-13)7-14-16(23)20(18(27)28-14)12(17(24)25)8-15(21)22/h1-7,12H,8H2,(H,21,22)(H,24,25). The van der Waals surface area contributed by atoms with E-state index in [1.54, 1.807) is 24.3 Å². The summed E-state index contributed by atoms with van der Waals surface area (Å²) in [6, 6.07) is 7.30. The number of thioether (sulfide) groups is 1. The Bertz CT molecular complexity index is 998. The number of benzene rings is 1. The lowest BCUT2D eigenvalue weighted by atomic mass is 10.2. The maximum atomic E-state index is 13.0. The van der Waals surface area contributed by atoms with Crippen LogP contribution in [0.1, 0.15) is 12.2 Å². The molecule has 1 aliphatic rings. The predicted octanol–water partition coefficient (Wildman–Crippen LogP) is 3.21. The number of halogens is 1. The maximum absolute atomic E-state index is 13.0. The molecular formula is C18H12FNO6S2. The number of aliphatic carboxylic acids is 2. The van der Waals surface area contributed by atoms with Crippen LogP contribution < -0.4 is 0 Å². The second-order valence-corrected chi connectivity index (χ2v) is 7.39. The molecule has 0 bridgehead atoms. The van der Waals surface area contributed by atoms with Crippen molar-refractivity contribution in [3.8, 4) is 11.3 Å². The molecule has 0 radical (unpaired) electrons. The van der Waals surface area contributed by atoms with Gasteiger partial charge in [0.1, 0.15) is 27.7 Å². The average Bonchev–Trinajstić information content (AvgIpc) is 3.19. The highest BCUT2D eigenvalue weighted by molar-refractivity contribution is 8.26. The molecule has 2 N–H and O–H groups in total. The van der Waals surface area contributed by atoms with E-state index >= 15 is 0 Å². The van der Waals surface area contributed by atoms with E-state index in [1.807, 2.05) is 0 Å². The van der Waals surface area contributed by atoms with Crippen molar-refractivity contribution >= 4 is 52.2 Å². The van der Waals surface area contributed by atoms with E-state index < -0.39 is 30.3 Å². The number of furan rings is 1. The first-order valence-corrected chi connectivity index (χ1v) is 9.06. The zero-order valence-electron chi connectivity index (χ0n) is 14.0. The lowest BCUT2D eigenvalue weighted by Gasteiger charge is -2.21. The molecule has 1 unspecified atom stereocenters. The van der Waals surface area contributed by atoms with Crippen LogP contribution in [0.5, 0.6) is 0 Å². The lowest BCUT2D eigenvalue weighted by molar-refractivity contribution is -0.150. The molecule has 0 aliphatic carbocycles. The van der Waals surface area contributed by atoms with Crippen molar-refractivity contribution in [2.24, 2.45) is 0 Å². The van der Waals surface area contributed by atoms with Gasteiger partial charge in [-0.15, -0.1) is 0 Å². The number of carbonyl (C=O) groups excluding carboxylic acids is 1. The number of nitrogens with zero attached hydrogens (tertiary/aromatic N) is 1. The maximum Gasteiger partial charge on any atom is 0.327 e. The van der Waals surface area contributed by atoms with Gasteiger partial charge >= 0.3 is 11.9 Å². The van der Waals surface area contributed by atoms with Crippen molar-refractivity contribution in [1.29, 1.82) is 0 Å². The Balaban J connectivity index is 1.85. The third kappa shape index (κ3) is 4.12. The summed E-state index contributed by atoms with van der Waals surface area (Å²) in [6.45, 7) is 0. The Labute approximate surface area is 167 Å². The molecule has 1 fully saturated rings. The van der Waals surface area contributed by atoms with Crippen LogP contribution in [0, 0.1) is 5.82 Å². The number of amides is 1. The number of hydrogen-bond donors (Lipinski definition) is 2. The van der Waals surface area contributed by atoms with Gasteiger partial charge in [0.15, 0.2) is 0 Å². The number of carboxylic acids is 2. The first-order valence-electron chi connectivity index (χ1n) is 7.83. The smallest absolute Gasteiger partial charge is 0.327 e. The molecule has 2 heterocycles.